The fourth-order valence-corrected chi connectivity index (χ4v) is 2.57. The van der Waals surface area contributed by atoms with Gasteiger partial charge in [0.1, 0.15) is 6.04 Å². The lowest BCUT2D eigenvalue weighted by Crippen LogP contribution is -2.33. The highest BCUT2D eigenvalue weighted by molar-refractivity contribution is 5.98. The van der Waals surface area contributed by atoms with E-state index in [4.69, 9.17) is 0 Å². The molecule has 0 spiro atoms. The molecule has 0 saturated carbocycles. The number of fused-ring (bicyclic) bond motifs is 1. The molecule has 2 aromatic carbocycles. The standard InChI is InChI=1S/C17H18N2O/c1-12-6-2-4-8-14(12)18-16-11-10-13-7-3-5-9-15(13)19-17(16)20/h2-9,16,18H,10-11H2,1H3,(H,19,20). The fraction of sp³-hybridized carbons (Fsp3) is 0.235. The second-order valence-electron chi connectivity index (χ2n) is 5.20. The molecule has 1 unspecified atom stereocenters. The van der Waals surface area contributed by atoms with Gasteiger partial charge in [-0.1, -0.05) is 36.4 Å². The number of benzene rings is 2. The van der Waals surface area contributed by atoms with Crippen molar-refractivity contribution in [2.75, 3.05) is 10.6 Å². The van der Waals surface area contributed by atoms with Crippen LogP contribution in [0.1, 0.15) is 17.5 Å². The van der Waals surface area contributed by atoms with Crippen LogP contribution in [0.25, 0.3) is 0 Å². The SMILES string of the molecule is Cc1ccccc1NC1CCc2ccccc2NC1=O. The highest BCUT2D eigenvalue weighted by Crippen LogP contribution is 2.24. The van der Waals surface area contributed by atoms with E-state index in [-0.39, 0.29) is 11.9 Å². The summed E-state index contributed by atoms with van der Waals surface area (Å²) in [4.78, 5) is 12.3. The molecular weight excluding hydrogens is 248 g/mol. The van der Waals surface area contributed by atoms with Gasteiger partial charge in [-0.15, -0.1) is 0 Å². The Kier molecular flexibility index (Phi) is 3.42. The van der Waals surface area contributed by atoms with Crippen molar-refractivity contribution in [2.45, 2.75) is 25.8 Å². The molecule has 3 rings (SSSR count). The Labute approximate surface area is 119 Å². The van der Waals surface area contributed by atoms with Crippen LogP contribution in [-0.4, -0.2) is 11.9 Å². The number of carbonyl (C=O) groups excluding carboxylic acids is 1. The second kappa shape index (κ2) is 5.37. The van der Waals surface area contributed by atoms with Gasteiger partial charge in [-0.25, -0.2) is 0 Å². The zero-order valence-corrected chi connectivity index (χ0v) is 11.5. The van der Waals surface area contributed by atoms with Crippen LogP contribution in [0.4, 0.5) is 11.4 Å². The number of nitrogens with one attached hydrogen (secondary N) is 2. The number of aryl methyl sites for hydroxylation is 2. The van der Waals surface area contributed by atoms with E-state index in [1.54, 1.807) is 0 Å². The summed E-state index contributed by atoms with van der Waals surface area (Å²) in [6, 6.07) is 15.9. The lowest BCUT2D eigenvalue weighted by Gasteiger charge is -2.18. The third-order valence-corrected chi connectivity index (χ3v) is 3.77. The molecular formula is C17H18N2O. The summed E-state index contributed by atoms with van der Waals surface area (Å²) in [6.45, 7) is 2.05. The summed E-state index contributed by atoms with van der Waals surface area (Å²) in [7, 11) is 0. The fourth-order valence-electron chi connectivity index (χ4n) is 2.57. The van der Waals surface area contributed by atoms with Crippen molar-refractivity contribution in [3.63, 3.8) is 0 Å². The summed E-state index contributed by atoms with van der Waals surface area (Å²) < 4.78 is 0. The van der Waals surface area contributed by atoms with Gasteiger partial charge in [-0.2, -0.15) is 0 Å². The Bertz CT molecular complexity index is 636. The van der Waals surface area contributed by atoms with Crippen LogP contribution in [0.5, 0.6) is 0 Å². The largest absolute Gasteiger partial charge is 0.373 e. The molecule has 0 radical (unpaired) electrons. The predicted octanol–water partition coefficient (Wildman–Crippen LogP) is 3.36. The number of hydrogen-bond acceptors (Lipinski definition) is 2. The molecule has 2 N–H and O–H groups in total. The van der Waals surface area contributed by atoms with Crippen LogP contribution in [-0.2, 0) is 11.2 Å². The lowest BCUT2D eigenvalue weighted by molar-refractivity contribution is -0.116. The Hall–Kier alpha value is -2.29. The Morgan fingerprint density at radius 1 is 1.10 bits per heavy atom. The van der Waals surface area contributed by atoms with Crippen molar-refractivity contribution in [3.05, 3.63) is 59.7 Å². The van der Waals surface area contributed by atoms with Gasteiger partial charge >= 0.3 is 0 Å². The van der Waals surface area contributed by atoms with E-state index < -0.39 is 0 Å². The van der Waals surface area contributed by atoms with E-state index in [9.17, 15) is 4.79 Å². The van der Waals surface area contributed by atoms with Gasteiger partial charge in [0.2, 0.25) is 5.91 Å². The van der Waals surface area contributed by atoms with Crippen molar-refractivity contribution in [1.82, 2.24) is 0 Å². The number of carbonyl (C=O) groups is 1. The van der Waals surface area contributed by atoms with Crippen LogP contribution < -0.4 is 10.6 Å². The highest BCUT2D eigenvalue weighted by atomic mass is 16.2. The molecule has 0 fully saturated rings. The smallest absolute Gasteiger partial charge is 0.246 e. The summed E-state index contributed by atoms with van der Waals surface area (Å²) >= 11 is 0. The van der Waals surface area contributed by atoms with Crippen LogP contribution >= 0.6 is 0 Å². The molecule has 1 heterocycles. The first kappa shape index (κ1) is 12.7. The molecule has 1 aliphatic heterocycles. The lowest BCUT2D eigenvalue weighted by atomic mass is 10.1. The molecule has 0 aliphatic carbocycles. The van der Waals surface area contributed by atoms with E-state index in [1.807, 2.05) is 49.4 Å². The van der Waals surface area contributed by atoms with Gasteiger partial charge in [0, 0.05) is 11.4 Å². The number of para-hydroxylation sites is 2. The van der Waals surface area contributed by atoms with Gasteiger partial charge in [-0.05, 0) is 43.0 Å². The van der Waals surface area contributed by atoms with E-state index in [0.717, 1.165) is 29.8 Å². The summed E-state index contributed by atoms with van der Waals surface area (Å²) in [5.74, 6) is 0.0400. The average Bonchev–Trinajstić information content (AvgIpc) is 2.61. The quantitative estimate of drug-likeness (QED) is 0.875. The first-order valence-corrected chi connectivity index (χ1v) is 6.95. The van der Waals surface area contributed by atoms with Crippen molar-refractivity contribution in [3.8, 4) is 0 Å². The Morgan fingerprint density at radius 3 is 2.70 bits per heavy atom. The monoisotopic (exact) mass is 266 g/mol. The minimum absolute atomic E-state index is 0.0400. The summed E-state index contributed by atoms with van der Waals surface area (Å²) in [5, 5.41) is 6.37. The average molecular weight is 266 g/mol. The molecule has 1 amide bonds. The first-order valence-electron chi connectivity index (χ1n) is 6.95. The number of hydrogen-bond donors (Lipinski definition) is 2. The molecule has 20 heavy (non-hydrogen) atoms. The molecule has 1 aliphatic rings. The predicted molar refractivity (Wildman–Crippen MR) is 82.0 cm³/mol. The van der Waals surface area contributed by atoms with Gasteiger partial charge in [0.05, 0.1) is 0 Å². The second-order valence-corrected chi connectivity index (χ2v) is 5.20. The van der Waals surface area contributed by atoms with Crippen LogP contribution in [0.2, 0.25) is 0 Å². The molecule has 0 saturated heterocycles. The third kappa shape index (κ3) is 2.52. The van der Waals surface area contributed by atoms with Crippen LogP contribution in [0.15, 0.2) is 48.5 Å². The first-order chi connectivity index (χ1) is 9.74. The zero-order valence-electron chi connectivity index (χ0n) is 11.5. The highest BCUT2D eigenvalue weighted by Gasteiger charge is 2.23. The van der Waals surface area contributed by atoms with E-state index in [1.165, 1.54) is 5.56 Å². The number of anilines is 2. The third-order valence-electron chi connectivity index (χ3n) is 3.77. The van der Waals surface area contributed by atoms with Gasteiger partial charge in [0.15, 0.2) is 0 Å². The Balaban J connectivity index is 1.80. The maximum Gasteiger partial charge on any atom is 0.246 e. The normalized spacial score (nSPS) is 17.9. The summed E-state index contributed by atoms with van der Waals surface area (Å²) in [6.07, 6.45) is 1.70. The van der Waals surface area contributed by atoms with Crippen molar-refractivity contribution >= 4 is 17.3 Å². The molecule has 1 atom stereocenters. The minimum Gasteiger partial charge on any atom is -0.373 e. The molecule has 2 aromatic rings. The van der Waals surface area contributed by atoms with Crippen molar-refractivity contribution < 1.29 is 4.79 Å². The van der Waals surface area contributed by atoms with Crippen molar-refractivity contribution in [2.24, 2.45) is 0 Å². The van der Waals surface area contributed by atoms with E-state index in [2.05, 4.69) is 16.7 Å². The maximum absolute atomic E-state index is 12.3. The molecule has 3 nitrogen and oxygen atoms in total. The number of rotatable bonds is 2. The molecule has 102 valence electrons. The van der Waals surface area contributed by atoms with E-state index >= 15 is 0 Å². The zero-order chi connectivity index (χ0) is 13.9. The molecule has 0 bridgehead atoms. The minimum atomic E-state index is -0.191. The van der Waals surface area contributed by atoms with Crippen LogP contribution in [0.3, 0.4) is 0 Å². The topological polar surface area (TPSA) is 41.1 Å². The van der Waals surface area contributed by atoms with E-state index in [0.29, 0.717) is 0 Å². The summed E-state index contributed by atoms with van der Waals surface area (Å²) in [5.41, 5.74) is 4.32. The molecule has 0 aromatic heterocycles. The van der Waals surface area contributed by atoms with Gasteiger partial charge < -0.3 is 10.6 Å². The van der Waals surface area contributed by atoms with Crippen molar-refractivity contribution in [1.29, 1.82) is 0 Å². The van der Waals surface area contributed by atoms with Crippen LogP contribution in [0, 0.1) is 6.92 Å². The van der Waals surface area contributed by atoms with Gasteiger partial charge in [-0.3, -0.25) is 4.79 Å². The van der Waals surface area contributed by atoms with Gasteiger partial charge in [0.25, 0.3) is 0 Å². The maximum atomic E-state index is 12.3. The molecule has 3 heteroatoms. The number of amides is 1. The Morgan fingerprint density at radius 2 is 1.85 bits per heavy atom.